The zero-order valence-electron chi connectivity index (χ0n) is 12.1. The fourth-order valence-corrected chi connectivity index (χ4v) is 5.67. The molecule has 1 aromatic rings. The van der Waals surface area contributed by atoms with E-state index < -0.39 is 0 Å². The van der Waals surface area contributed by atoms with Crippen molar-refractivity contribution >= 4 is 53.5 Å². The maximum Gasteiger partial charge on any atom is 0.0631 e. The average Bonchev–Trinajstić information content (AvgIpc) is 2.33. The number of hydrogen-bond acceptors (Lipinski definition) is 1. The van der Waals surface area contributed by atoms with Gasteiger partial charge < -0.3 is 5.32 Å². The molecule has 2 unspecified atom stereocenters. The van der Waals surface area contributed by atoms with E-state index in [-0.39, 0.29) is 0 Å². The summed E-state index contributed by atoms with van der Waals surface area (Å²) in [6.07, 6.45) is 6.69. The summed E-state index contributed by atoms with van der Waals surface area (Å²) in [4.78, 5) is 0. The Morgan fingerprint density at radius 1 is 1.15 bits per heavy atom. The molecule has 20 heavy (non-hydrogen) atoms. The molecule has 1 saturated carbocycles. The molecule has 1 fully saturated rings. The lowest BCUT2D eigenvalue weighted by molar-refractivity contribution is 0.289. The molecule has 112 valence electrons. The van der Waals surface area contributed by atoms with Gasteiger partial charge in [-0.1, -0.05) is 42.6 Å². The molecule has 0 radical (unpaired) electrons. The number of benzene rings is 1. The molecule has 0 saturated heterocycles. The van der Waals surface area contributed by atoms with Crippen molar-refractivity contribution in [3.05, 3.63) is 25.6 Å². The van der Waals surface area contributed by atoms with Crippen LogP contribution in [0, 0.1) is 11.8 Å². The van der Waals surface area contributed by atoms with Crippen molar-refractivity contribution in [1.82, 2.24) is 0 Å². The zero-order valence-corrected chi connectivity index (χ0v) is 16.8. The summed E-state index contributed by atoms with van der Waals surface area (Å²) in [6.45, 7) is 4.66. The lowest BCUT2D eigenvalue weighted by atomic mass is 9.81. The van der Waals surface area contributed by atoms with E-state index in [9.17, 15) is 0 Å². The summed E-state index contributed by atoms with van der Waals surface area (Å²) in [7, 11) is 0. The molecular weight excluding hydrogens is 446 g/mol. The molecule has 1 aliphatic carbocycles. The molecule has 0 aliphatic heterocycles. The van der Waals surface area contributed by atoms with Crippen LogP contribution in [0.1, 0.15) is 46.0 Å². The number of halogens is 3. The number of nitrogens with one attached hydrogen (secondary N) is 1. The van der Waals surface area contributed by atoms with Crippen LogP contribution in [0.3, 0.4) is 0 Å². The first kappa shape index (κ1) is 16.8. The molecule has 1 aromatic carbocycles. The highest BCUT2D eigenvalue weighted by Crippen LogP contribution is 2.37. The highest BCUT2D eigenvalue weighted by molar-refractivity contribution is 9.11. The molecule has 1 N–H and O–H groups in total. The minimum Gasteiger partial charge on any atom is -0.380 e. The van der Waals surface area contributed by atoms with Gasteiger partial charge >= 0.3 is 0 Å². The second-order valence-electron chi connectivity index (χ2n) is 6.25. The third-order valence-electron chi connectivity index (χ3n) is 3.94. The van der Waals surface area contributed by atoms with Crippen molar-refractivity contribution in [3.63, 3.8) is 0 Å². The molecular formula is C16H22Br3N. The summed E-state index contributed by atoms with van der Waals surface area (Å²) in [6, 6.07) is 4.80. The van der Waals surface area contributed by atoms with Gasteiger partial charge in [-0.15, -0.1) is 0 Å². The lowest BCUT2D eigenvalue weighted by Crippen LogP contribution is -2.28. The van der Waals surface area contributed by atoms with Crippen LogP contribution in [-0.2, 0) is 0 Å². The number of anilines is 1. The van der Waals surface area contributed by atoms with Crippen LogP contribution in [0.2, 0.25) is 0 Å². The van der Waals surface area contributed by atoms with Crippen LogP contribution in [0.15, 0.2) is 25.6 Å². The largest absolute Gasteiger partial charge is 0.380 e. The van der Waals surface area contributed by atoms with Gasteiger partial charge in [-0.25, -0.2) is 0 Å². The van der Waals surface area contributed by atoms with E-state index in [1.54, 1.807) is 0 Å². The SMILES string of the molecule is CC(C)CC1CCCC(Nc2c(Br)cc(Br)cc2Br)C1. The Labute approximate surface area is 147 Å². The van der Waals surface area contributed by atoms with Gasteiger partial charge in [0.15, 0.2) is 0 Å². The summed E-state index contributed by atoms with van der Waals surface area (Å²) >= 11 is 10.8. The molecule has 1 nitrogen and oxygen atoms in total. The van der Waals surface area contributed by atoms with Crippen molar-refractivity contribution in [1.29, 1.82) is 0 Å². The third kappa shape index (κ3) is 4.74. The molecule has 4 heteroatoms. The first-order valence-corrected chi connectivity index (χ1v) is 9.74. The fraction of sp³-hybridized carbons (Fsp3) is 0.625. The Morgan fingerprint density at radius 2 is 1.80 bits per heavy atom. The molecule has 0 heterocycles. The van der Waals surface area contributed by atoms with Gasteiger partial charge in [0.1, 0.15) is 0 Å². The maximum atomic E-state index is 3.73. The summed E-state index contributed by atoms with van der Waals surface area (Å²) in [5.74, 6) is 1.69. The van der Waals surface area contributed by atoms with E-state index in [0.29, 0.717) is 6.04 Å². The second-order valence-corrected chi connectivity index (χ2v) is 8.87. The van der Waals surface area contributed by atoms with Crippen molar-refractivity contribution < 1.29 is 0 Å². The minimum absolute atomic E-state index is 0.598. The van der Waals surface area contributed by atoms with Crippen LogP contribution in [0.4, 0.5) is 5.69 Å². The summed E-state index contributed by atoms with van der Waals surface area (Å²) in [5, 5.41) is 3.73. The maximum absolute atomic E-state index is 3.73. The van der Waals surface area contributed by atoms with Gasteiger partial charge in [-0.3, -0.25) is 0 Å². The zero-order chi connectivity index (χ0) is 14.7. The highest BCUT2D eigenvalue weighted by Gasteiger charge is 2.23. The number of hydrogen-bond donors (Lipinski definition) is 1. The normalized spacial score (nSPS) is 23.1. The topological polar surface area (TPSA) is 12.0 Å². The predicted molar refractivity (Wildman–Crippen MR) is 98.4 cm³/mol. The van der Waals surface area contributed by atoms with Crippen LogP contribution >= 0.6 is 47.8 Å². The molecule has 0 aromatic heterocycles. The minimum atomic E-state index is 0.598. The average molecular weight is 468 g/mol. The first-order valence-electron chi connectivity index (χ1n) is 7.36. The van der Waals surface area contributed by atoms with Gasteiger partial charge in [-0.2, -0.15) is 0 Å². The Bertz CT molecular complexity index is 436. The highest BCUT2D eigenvalue weighted by atomic mass is 79.9. The Balaban J connectivity index is 2.03. The lowest BCUT2D eigenvalue weighted by Gasteiger charge is -2.32. The molecule has 2 rings (SSSR count). The van der Waals surface area contributed by atoms with Crippen molar-refractivity contribution in [2.75, 3.05) is 5.32 Å². The van der Waals surface area contributed by atoms with Gasteiger partial charge in [-0.05, 0) is 75.1 Å². The third-order valence-corrected chi connectivity index (χ3v) is 5.65. The van der Waals surface area contributed by atoms with Crippen molar-refractivity contribution in [2.24, 2.45) is 11.8 Å². The monoisotopic (exact) mass is 465 g/mol. The molecule has 2 atom stereocenters. The van der Waals surface area contributed by atoms with Crippen LogP contribution in [0.25, 0.3) is 0 Å². The Hall–Kier alpha value is 0.460. The molecule has 1 aliphatic rings. The van der Waals surface area contributed by atoms with E-state index in [2.05, 4.69) is 79.1 Å². The molecule has 0 amide bonds. The predicted octanol–water partition coefficient (Wildman–Crippen LogP) is 6.99. The van der Waals surface area contributed by atoms with E-state index in [4.69, 9.17) is 0 Å². The second kappa shape index (κ2) is 7.64. The van der Waals surface area contributed by atoms with Gasteiger partial charge in [0.2, 0.25) is 0 Å². The van der Waals surface area contributed by atoms with E-state index >= 15 is 0 Å². The van der Waals surface area contributed by atoms with Crippen LogP contribution < -0.4 is 5.32 Å². The van der Waals surface area contributed by atoms with Gasteiger partial charge in [0.25, 0.3) is 0 Å². The van der Waals surface area contributed by atoms with Gasteiger partial charge in [0, 0.05) is 19.5 Å². The van der Waals surface area contributed by atoms with E-state index in [1.807, 2.05) is 0 Å². The van der Waals surface area contributed by atoms with E-state index in [0.717, 1.165) is 25.3 Å². The summed E-state index contributed by atoms with van der Waals surface area (Å²) in [5.41, 5.74) is 1.18. The number of rotatable bonds is 4. The Kier molecular flexibility index (Phi) is 6.43. The smallest absolute Gasteiger partial charge is 0.0631 e. The fourth-order valence-electron chi connectivity index (χ4n) is 3.19. The van der Waals surface area contributed by atoms with Crippen molar-refractivity contribution in [2.45, 2.75) is 52.0 Å². The van der Waals surface area contributed by atoms with Gasteiger partial charge in [0.05, 0.1) is 5.69 Å². The van der Waals surface area contributed by atoms with Crippen LogP contribution in [-0.4, -0.2) is 6.04 Å². The summed E-state index contributed by atoms with van der Waals surface area (Å²) < 4.78 is 3.32. The van der Waals surface area contributed by atoms with Crippen molar-refractivity contribution in [3.8, 4) is 0 Å². The first-order chi connectivity index (χ1) is 9.45. The molecule has 0 spiro atoms. The standard InChI is InChI=1S/C16H22Br3N/c1-10(2)6-11-4-3-5-13(7-11)20-16-14(18)8-12(17)9-15(16)19/h8-11,13,20H,3-7H2,1-2H3. The molecule has 0 bridgehead atoms. The quantitative estimate of drug-likeness (QED) is 0.503. The van der Waals surface area contributed by atoms with E-state index in [1.165, 1.54) is 37.8 Å². The van der Waals surface area contributed by atoms with Crippen LogP contribution in [0.5, 0.6) is 0 Å². The Morgan fingerprint density at radius 3 is 2.40 bits per heavy atom.